The molecule has 1 amide bonds. The molecule has 0 unspecified atom stereocenters. The molecule has 8 heteroatoms. The minimum absolute atomic E-state index is 0.170. The fourth-order valence-electron chi connectivity index (χ4n) is 2.21. The number of nitrogens with one attached hydrogen (secondary N) is 1. The number of anilines is 1. The van der Waals surface area contributed by atoms with E-state index < -0.39 is 5.97 Å². The summed E-state index contributed by atoms with van der Waals surface area (Å²) < 4.78 is 21.9. The molecule has 1 N–H and O–H groups in total. The van der Waals surface area contributed by atoms with Crippen molar-refractivity contribution in [1.29, 1.82) is 0 Å². The zero-order valence-corrected chi connectivity index (χ0v) is 17.3. The highest BCUT2D eigenvalue weighted by Gasteiger charge is 2.13. The highest BCUT2D eigenvalue weighted by molar-refractivity contribution is 9.10. The lowest BCUT2D eigenvalue weighted by atomic mass is 10.2. The van der Waals surface area contributed by atoms with Gasteiger partial charge in [0.25, 0.3) is 5.91 Å². The molecule has 150 valence electrons. The van der Waals surface area contributed by atoms with Crippen molar-refractivity contribution < 1.29 is 28.5 Å². The maximum atomic E-state index is 12.0. The first-order chi connectivity index (χ1) is 13.5. The van der Waals surface area contributed by atoms with E-state index in [1.807, 2.05) is 19.1 Å². The number of hydrogen-bond acceptors (Lipinski definition) is 6. The molecule has 0 atom stereocenters. The molecule has 0 aliphatic heterocycles. The van der Waals surface area contributed by atoms with E-state index in [0.717, 1.165) is 4.47 Å². The smallest absolute Gasteiger partial charge is 0.338 e. The van der Waals surface area contributed by atoms with E-state index in [2.05, 4.69) is 21.2 Å². The molecule has 0 fully saturated rings. The second-order valence-corrected chi connectivity index (χ2v) is 6.46. The van der Waals surface area contributed by atoms with Crippen LogP contribution in [0.3, 0.4) is 0 Å². The molecule has 2 aromatic carbocycles. The van der Waals surface area contributed by atoms with Crippen LogP contribution in [0.15, 0.2) is 46.9 Å². The van der Waals surface area contributed by atoms with Gasteiger partial charge in [0.1, 0.15) is 6.61 Å². The lowest BCUT2D eigenvalue weighted by Gasteiger charge is -2.12. The summed E-state index contributed by atoms with van der Waals surface area (Å²) in [6.07, 6.45) is 0. The van der Waals surface area contributed by atoms with Crippen molar-refractivity contribution in [2.75, 3.05) is 38.9 Å². The van der Waals surface area contributed by atoms with Gasteiger partial charge in [-0.1, -0.05) is 15.9 Å². The van der Waals surface area contributed by atoms with Crippen molar-refractivity contribution in [2.24, 2.45) is 0 Å². The standard InChI is InChI=1S/C20H22BrNO6/c1-3-26-10-11-27-20(24)14-4-9-17(18(12-14)25-2)28-13-19(23)22-16-7-5-15(21)6-8-16/h4-9,12H,3,10-11,13H2,1-2H3,(H,22,23). The molecule has 0 heterocycles. The lowest BCUT2D eigenvalue weighted by Crippen LogP contribution is -2.20. The Bertz CT molecular complexity index is 794. The quantitative estimate of drug-likeness (QED) is 0.438. The van der Waals surface area contributed by atoms with Crippen LogP contribution in [0.2, 0.25) is 0 Å². The van der Waals surface area contributed by atoms with Crippen LogP contribution in [0.5, 0.6) is 11.5 Å². The number of rotatable bonds is 10. The van der Waals surface area contributed by atoms with E-state index in [4.69, 9.17) is 18.9 Å². The number of benzene rings is 2. The van der Waals surface area contributed by atoms with Gasteiger partial charge in [-0.2, -0.15) is 0 Å². The molecule has 0 aromatic heterocycles. The maximum absolute atomic E-state index is 12.0. The van der Waals surface area contributed by atoms with E-state index in [1.54, 1.807) is 24.3 Å². The Morgan fingerprint density at radius 3 is 2.46 bits per heavy atom. The summed E-state index contributed by atoms with van der Waals surface area (Å²) in [5, 5.41) is 2.73. The zero-order chi connectivity index (χ0) is 20.4. The molecule has 2 rings (SSSR count). The second-order valence-electron chi connectivity index (χ2n) is 5.54. The zero-order valence-electron chi connectivity index (χ0n) is 15.7. The monoisotopic (exact) mass is 451 g/mol. The number of halogens is 1. The van der Waals surface area contributed by atoms with Gasteiger partial charge in [0.05, 0.1) is 19.3 Å². The summed E-state index contributed by atoms with van der Waals surface area (Å²) >= 11 is 3.34. The van der Waals surface area contributed by atoms with Crippen LogP contribution in [-0.2, 0) is 14.3 Å². The molecule has 0 bridgehead atoms. The predicted octanol–water partition coefficient (Wildman–Crippen LogP) is 3.67. The number of methoxy groups -OCH3 is 1. The van der Waals surface area contributed by atoms with Gasteiger partial charge in [-0.05, 0) is 49.4 Å². The second kappa shape index (κ2) is 11.3. The summed E-state index contributed by atoms with van der Waals surface area (Å²) in [7, 11) is 1.45. The summed E-state index contributed by atoms with van der Waals surface area (Å²) in [6, 6.07) is 11.8. The third-order valence-electron chi connectivity index (χ3n) is 3.55. The fraction of sp³-hybridized carbons (Fsp3) is 0.300. The first kappa shape index (κ1) is 21.7. The first-order valence-corrected chi connectivity index (χ1v) is 9.44. The lowest BCUT2D eigenvalue weighted by molar-refractivity contribution is -0.118. The van der Waals surface area contributed by atoms with E-state index >= 15 is 0 Å². The molecule has 28 heavy (non-hydrogen) atoms. The minimum Gasteiger partial charge on any atom is -0.493 e. The van der Waals surface area contributed by atoms with Crippen molar-refractivity contribution in [3.05, 3.63) is 52.5 Å². The normalized spacial score (nSPS) is 10.2. The van der Waals surface area contributed by atoms with Crippen molar-refractivity contribution in [2.45, 2.75) is 6.92 Å². The molecule has 0 aliphatic rings. The molecule has 0 spiro atoms. The highest BCUT2D eigenvalue weighted by atomic mass is 79.9. The third kappa shape index (κ3) is 6.86. The van der Waals surface area contributed by atoms with Gasteiger partial charge >= 0.3 is 5.97 Å². The van der Waals surface area contributed by atoms with Crippen LogP contribution in [-0.4, -0.2) is 45.4 Å². The predicted molar refractivity (Wildman–Crippen MR) is 108 cm³/mol. The Hall–Kier alpha value is -2.58. The maximum Gasteiger partial charge on any atom is 0.338 e. The van der Waals surface area contributed by atoms with Crippen LogP contribution < -0.4 is 14.8 Å². The van der Waals surface area contributed by atoms with Gasteiger partial charge in [-0.3, -0.25) is 4.79 Å². The van der Waals surface area contributed by atoms with E-state index in [1.165, 1.54) is 13.2 Å². The average molecular weight is 452 g/mol. The van der Waals surface area contributed by atoms with E-state index in [9.17, 15) is 9.59 Å². The van der Waals surface area contributed by atoms with Gasteiger partial charge < -0.3 is 24.3 Å². The van der Waals surface area contributed by atoms with Gasteiger partial charge in [-0.25, -0.2) is 4.79 Å². The number of amides is 1. The minimum atomic E-state index is -0.488. The van der Waals surface area contributed by atoms with Crippen molar-refractivity contribution in [1.82, 2.24) is 0 Å². The number of carbonyl (C=O) groups is 2. The molecular formula is C20H22BrNO6. The summed E-state index contributed by atoms with van der Waals surface area (Å²) in [4.78, 5) is 24.1. The molecule has 7 nitrogen and oxygen atoms in total. The van der Waals surface area contributed by atoms with E-state index in [-0.39, 0.29) is 19.1 Å². The van der Waals surface area contributed by atoms with Gasteiger partial charge in [-0.15, -0.1) is 0 Å². The van der Waals surface area contributed by atoms with Crippen molar-refractivity contribution in [3.8, 4) is 11.5 Å². The SMILES string of the molecule is CCOCCOC(=O)c1ccc(OCC(=O)Nc2ccc(Br)cc2)c(OC)c1. The Labute approximate surface area is 172 Å². The van der Waals surface area contributed by atoms with Gasteiger partial charge in [0, 0.05) is 16.8 Å². The Morgan fingerprint density at radius 1 is 1.04 bits per heavy atom. The third-order valence-corrected chi connectivity index (χ3v) is 4.08. The molecule has 0 saturated carbocycles. The summed E-state index contributed by atoms with van der Waals surface area (Å²) in [5.74, 6) is -0.128. The molecule has 0 aliphatic carbocycles. The fourth-order valence-corrected chi connectivity index (χ4v) is 2.47. The first-order valence-electron chi connectivity index (χ1n) is 8.64. The van der Waals surface area contributed by atoms with E-state index in [0.29, 0.717) is 36.0 Å². The molecule has 2 aromatic rings. The van der Waals surface area contributed by atoms with Crippen LogP contribution in [0.1, 0.15) is 17.3 Å². The highest BCUT2D eigenvalue weighted by Crippen LogP contribution is 2.28. The Balaban J connectivity index is 1.91. The Kier molecular flexibility index (Phi) is 8.77. The molecule has 0 radical (unpaired) electrons. The van der Waals surface area contributed by atoms with Crippen molar-refractivity contribution in [3.63, 3.8) is 0 Å². The summed E-state index contributed by atoms with van der Waals surface area (Å²) in [5.41, 5.74) is 0.980. The number of carbonyl (C=O) groups excluding carboxylic acids is 2. The van der Waals surface area contributed by atoms with Crippen LogP contribution in [0.4, 0.5) is 5.69 Å². The average Bonchev–Trinajstić information content (AvgIpc) is 2.71. The summed E-state index contributed by atoms with van der Waals surface area (Å²) in [6.45, 7) is 2.74. The number of ether oxygens (including phenoxy) is 4. The van der Waals surface area contributed by atoms with Crippen LogP contribution in [0.25, 0.3) is 0 Å². The largest absolute Gasteiger partial charge is 0.493 e. The number of hydrogen-bond donors (Lipinski definition) is 1. The molecule has 0 saturated heterocycles. The topological polar surface area (TPSA) is 83.1 Å². The van der Waals surface area contributed by atoms with Crippen LogP contribution in [0, 0.1) is 0 Å². The van der Waals surface area contributed by atoms with Gasteiger partial charge in [0.15, 0.2) is 18.1 Å². The number of esters is 1. The van der Waals surface area contributed by atoms with Crippen LogP contribution >= 0.6 is 15.9 Å². The Morgan fingerprint density at radius 2 is 1.79 bits per heavy atom. The van der Waals surface area contributed by atoms with Gasteiger partial charge in [0.2, 0.25) is 0 Å². The van der Waals surface area contributed by atoms with Crippen molar-refractivity contribution >= 4 is 33.5 Å². The molecular weight excluding hydrogens is 430 g/mol.